The van der Waals surface area contributed by atoms with Crippen molar-refractivity contribution in [2.75, 3.05) is 13.7 Å². The van der Waals surface area contributed by atoms with E-state index in [0.717, 1.165) is 30.4 Å². The first kappa shape index (κ1) is 12.2. The molecule has 19 heavy (non-hydrogen) atoms. The van der Waals surface area contributed by atoms with Crippen LogP contribution < -0.4 is 4.74 Å². The molecule has 0 atom stereocenters. The minimum absolute atomic E-state index is 0.0130. The van der Waals surface area contributed by atoms with Gasteiger partial charge in [0.25, 0.3) is 5.91 Å². The number of Topliss-reactive ketones (excluding diaryl/α,β-unsaturated/α-hetero) is 1. The Labute approximate surface area is 112 Å². The molecule has 3 rings (SSSR count). The number of carbonyl (C=O) groups is 2. The highest BCUT2D eigenvalue weighted by atomic mass is 16.5. The van der Waals surface area contributed by atoms with Gasteiger partial charge in [0.1, 0.15) is 5.75 Å². The predicted molar refractivity (Wildman–Crippen MR) is 70.4 cm³/mol. The fraction of sp³-hybridized carbons (Fsp3) is 0.467. The fourth-order valence-electron chi connectivity index (χ4n) is 2.43. The number of aryl methyl sites for hydroxylation is 1. The summed E-state index contributed by atoms with van der Waals surface area (Å²) < 4.78 is 5.52. The number of fused-ring (bicyclic) bond motifs is 1. The predicted octanol–water partition coefficient (Wildman–Crippen LogP) is 1.82. The van der Waals surface area contributed by atoms with Crippen LogP contribution in [-0.4, -0.2) is 36.3 Å². The summed E-state index contributed by atoms with van der Waals surface area (Å²) in [6.07, 6.45) is 3.57. The van der Waals surface area contributed by atoms with Gasteiger partial charge >= 0.3 is 0 Å². The van der Waals surface area contributed by atoms with Crippen LogP contribution in [0.5, 0.6) is 5.75 Å². The molecular weight excluding hydrogens is 242 g/mol. The topological polar surface area (TPSA) is 46.6 Å². The standard InChI is InChI=1S/C15H17NO3/c1-16(11-3-4-11)15(18)9-19-12-5-6-13-10(8-12)2-7-14(13)17/h5-6,8,11H,2-4,7,9H2,1H3. The number of benzene rings is 1. The highest BCUT2D eigenvalue weighted by molar-refractivity contribution is 6.00. The summed E-state index contributed by atoms with van der Waals surface area (Å²) >= 11 is 0. The summed E-state index contributed by atoms with van der Waals surface area (Å²) in [6, 6.07) is 5.86. The molecule has 0 aromatic heterocycles. The van der Waals surface area contributed by atoms with E-state index < -0.39 is 0 Å². The first-order valence-electron chi connectivity index (χ1n) is 6.70. The van der Waals surface area contributed by atoms with Crippen molar-refractivity contribution in [1.29, 1.82) is 0 Å². The number of likely N-dealkylation sites (N-methyl/N-ethyl adjacent to an activating group) is 1. The first-order valence-corrected chi connectivity index (χ1v) is 6.70. The molecular formula is C15H17NO3. The van der Waals surface area contributed by atoms with Crippen molar-refractivity contribution in [2.24, 2.45) is 0 Å². The summed E-state index contributed by atoms with van der Waals surface area (Å²) in [5.74, 6) is 0.885. The largest absolute Gasteiger partial charge is 0.484 e. The first-order chi connectivity index (χ1) is 9.15. The molecule has 1 aromatic carbocycles. The average molecular weight is 259 g/mol. The Morgan fingerprint density at radius 2 is 2.16 bits per heavy atom. The number of nitrogens with zero attached hydrogens (tertiary/aromatic N) is 1. The maximum absolute atomic E-state index is 11.8. The Kier molecular flexibility index (Phi) is 3.01. The van der Waals surface area contributed by atoms with Crippen molar-refractivity contribution >= 4 is 11.7 Å². The highest BCUT2D eigenvalue weighted by Gasteiger charge is 2.29. The number of carbonyl (C=O) groups excluding carboxylic acids is 2. The van der Waals surface area contributed by atoms with Crippen LogP contribution >= 0.6 is 0 Å². The van der Waals surface area contributed by atoms with Crippen molar-refractivity contribution in [2.45, 2.75) is 31.7 Å². The molecule has 0 saturated heterocycles. The Balaban J connectivity index is 1.61. The number of hydrogen-bond acceptors (Lipinski definition) is 3. The van der Waals surface area contributed by atoms with Gasteiger partial charge in [-0.05, 0) is 43.0 Å². The number of rotatable bonds is 4. The molecule has 0 bridgehead atoms. The normalized spacial score (nSPS) is 17.2. The third kappa shape index (κ3) is 2.48. The average Bonchev–Trinajstić information content (AvgIpc) is 3.20. The van der Waals surface area contributed by atoms with Gasteiger partial charge in [0.15, 0.2) is 12.4 Å². The number of ketones is 1. The minimum Gasteiger partial charge on any atom is -0.484 e. The van der Waals surface area contributed by atoms with E-state index in [1.54, 1.807) is 17.0 Å². The molecule has 0 spiro atoms. The van der Waals surface area contributed by atoms with Gasteiger partial charge in [-0.2, -0.15) is 0 Å². The lowest BCUT2D eigenvalue weighted by Gasteiger charge is -2.16. The second-order valence-electron chi connectivity index (χ2n) is 5.27. The molecule has 0 aliphatic heterocycles. The maximum atomic E-state index is 11.8. The van der Waals surface area contributed by atoms with Gasteiger partial charge in [0, 0.05) is 25.1 Å². The molecule has 2 aliphatic rings. The van der Waals surface area contributed by atoms with Crippen molar-refractivity contribution < 1.29 is 14.3 Å². The second kappa shape index (κ2) is 4.68. The lowest BCUT2D eigenvalue weighted by atomic mass is 10.1. The second-order valence-corrected chi connectivity index (χ2v) is 5.27. The van der Waals surface area contributed by atoms with E-state index in [9.17, 15) is 9.59 Å². The number of amides is 1. The lowest BCUT2D eigenvalue weighted by molar-refractivity contribution is -0.132. The van der Waals surface area contributed by atoms with Gasteiger partial charge in [-0.25, -0.2) is 0 Å². The van der Waals surface area contributed by atoms with Gasteiger partial charge in [0.05, 0.1) is 0 Å². The zero-order valence-corrected chi connectivity index (χ0v) is 11.0. The summed E-state index contributed by atoms with van der Waals surface area (Å²) in [6.45, 7) is 0.0692. The van der Waals surface area contributed by atoms with Crippen molar-refractivity contribution in [3.05, 3.63) is 29.3 Å². The molecule has 100 valence electrons. The molecule has 4 nitrogen and oxygen atoms in total. The molecule has 0 radical (unpaired) electrons. The SMILES string of the molecule is CN(C(=O)COc1ccc2c(c1)CCC2=O)C1CC1. The van der Waals surface area contributed by atoms with Crippen LogP contribution in [0.3, 0.4) is 0 Å². The quantitative estimate of drug-likeness (QED) is 0.828. The van der Waals surface area contributed by atoms with E-state index in [2.05, 4.69) is 0 Å². The third-order valence-electron chi connectivity index (χ3n) is 3.85. The van der Waals surface area contributed by atoms with E-state index in [0.29, 0.717) is 18.2 Å². The van der Waals surface area contributed by atoms with Crippen LogP contribution in [0.1, 0.15) is 35.2 Å². The Hall–Kier alpha value is -1.84. The van der Waals surface area contributed by atoms with E-state index in [1.807, 2.05) is 13.1 Å². The van der Waals surface area contributed by atoms with Crippen LogP contribution in [-0.2, 0) is 11.2 Å². The van der Waals surface area contributed by atoms with Crippen LogP contribution in [0.25, 0.3) is 0 Å². The molecule has 0 unspecified atom stereocenters. The van der Waals surface area contributed by atoms with Gasteiger partial charge < -0.3 is 9.64 Å². The van der Waals surface area contributed by atoms with E-state index in [1.165, 1.54) is 0 Å². The number of ether oxygens (including phenoxy) is 1. The lowest BCUT2D eigenvalue weighted by Crippen LogP contribution is -2.33. The Morgan fingerprint density at radius 3 is 2.89 bits per heavy atom. The number of hydrogen-bond donors (Lipinski definition) is 0. The molecule has 1 aromatic rings. The summed E-state index contributed by atoms with van der Waals surface area (Å²) in [4.78, 5) is 25.1. The van der Waals surface area contributed by atoms with Crippen LogP contribution in [0, 0.1) is 0 Å². The molecule has 2 aliphatic carbocycles. The summed E-state index contributed by atoms with van der Waals surface area (Å²) in [7, 11) is 1.82. The Bertz CT molecular complexity index is 534. The molecule has 0 heterocycles. The monoisotopic (exact) mass is 259 g/mol. The third-order valence-corrected chi connectivity index (χ3v) is 3.85. The highest BCUT2D eigenvalue weighted by Crippen LogP contribution is 2.27. The fourth-order valence-corrected chi connectivity index (χ4v) is 2.43. The van der Waals surface area contributed by atoms with E-state index in [4.69, 9.17) is 4.74 Å². The Morgan fingerprint density at radius 1 is 1.37 bits per heavy atom. The van der Waals surface area contributed by atoms with E-state index in [-0.39, 0.29) is 18.3 Å². The maximum Gasteiger partial charge on any atom is 0.260 e. The molecule has 1 fully saturated rings. The van der Waals surface area contributed by atoms with Crippen molar-refractivity contribution in [1.82, 2.24) is 4.90 Å². The van der Waals surface area contributed by atoms with Crippen LogP contribution in [0.2, 0.25) is 0 Å². The summed E-state index contributed by atoms with van der Waals surface area (Å²) in [5, 5.41) is 0. The van der Waals surface area contributed by atoms with Crippen molar-refractivity contribution in [3.63, 3.8) is 0 Å². The molecule has 4 heteroatoms. The minimum atomic E-state index is 0.0130. The molecule has 1 saturated carbocycles. The zero-order valence-electron chi connectivity index (χ0n) is 11.0. The van der Waals surface area contributed by atoms with Gasteiger partial charge in [-0.15, -0.1) is 0 Å². The van der Waals surface area contributed by atoms with Gasteiger partial charge in [-0.3, -0.25) is 9.59 Å². The summed E-state index contributed by atoms with van der Waals surface area (Å²) in [5.41, 5.74) is 1.83. The van der Waals surface area contributed by atoms with E-state index >= 15 is 0 Å². The molecule has 1 amide bonds. The van der Waals surface area contributed by atoms with Crippen LogP contribution in [0.4, 0.5) is 0 Å². The van der Waals surface area contributed by atoms with Gasteiger partial charge in [0.2, 0.25) is 0 Å². The smallest absolute Gasteiger partial charge is 0.260 e. The van der Waals surface area contributed by atoms with Gasteiger partial charge in [-0.1, -0.05) is 0 Å². The molecule has 0 N–H and O–H groups in total. The van der Waals surface area contributed by atoms with Crippen molar-refractivity contribution in [3.8, 4) is 5.75 Å². The zero-order chi connectivity index (χ0) is 13.4. The van der Waals surface area contributed by atoms with Crippen LogP contribution in [0.15, 0.2) is 18.2 Å².